The zero-order valence-electron chi connectivity index (χ0n) is 12.1. The third-order valence-electron chi connectivity index (χ3n) is 2.99. The maximum Gasteiger partial charge on any atom is 0.257 e. The van der Waals surface area contributed by atoms with E-state index in [0.717, 1.165) is 18.7 Å². The Balaban J connectivity index is 2.00. The van der Waals surface area contributed by atoms with Crippen LogP contribution >= 0.6 is 11.3 Å². The molecule has 5 nitrogen and oxygen atoms in total. The first-order chi connectivity index (χ1) is 10.1. The van der Waals surface area contributed by atoms with Crippen LogP contribution in [0.5, 0.6) is 5.75 Å². The quantitative estimate of drug-likeness (QED) is 0.766. The molecule has 0 bridgehead atoms. The lowest BCUT2D eigenvalue weighted by molar-refractivity contribution is 0.102. The van der Waals surface area contributed by atoms with Gasteiger partial charge in [-0.1, -0.05) is 13.0 Å². The van der Waals surface area contributed by atoms with E-state index in [0.29, 0.717) is 10.7 Å². The summed E-state index contributed by atoms with van der Waals surface area (Å²) in [5.74, 6) is -0.208. The van der Waals surface area contributed by atoms with Crippen molar-refractivity contribution in [2.45, 2.75) is 26.3 Å². The highest BCUT2D eigenvalue weighted by atomic mass is 32.1. The Morgan fingerprint density at radius 3 is 3.00 bits per heavy atom. The summed E-state index contributed by atoms with van der Waals surface area (Å²) in [7, 11) is 0. The van der Waals surface area contributed by atoms with E-state index in [1.165, 1.54) is 23.5 Å². The molecule has 1 atom stereocenters. The van der Waals surface area contributed by atoms with Crippen LogP contribution in [-0.4, -0.2) is 22.5 Å². The molecule has 0 saturated heterocycles. The van der Waals surface area contributed by atoms with Crippen LogP contribution in [0, 0.1) is 0 Å². The summed E-state index contributed by atoms with van der Waals surface area (Å²) in [5, 5.41) is 18.0. The van der Waals surface area contributed by atoms with Gasteiger partial charge in [0.1, 0.15) is 5.75 Å². The molecule has 1 amide bonds. The van der Waals surface area contributed by atoms with Crippen LogP contribution in [0.1, 0.15) is 42.4 Å². The minimum atomic E-state index is -0.277. The predicted molar refractivity (Wildman–Crippen MR) is 84.9 cm³/mol. The summed E-state index contributed by atoms with van der Waals surface area (Å²) in [6, 6.07) is 6.39. The number of carbonyl (C=O) groups is 1. The Labute approximate surface area is 128 Å². The molecule has 1 heterocycles. The summed E-state index contributed by atoms with van der Waals surface area (Å²) in [6.07, 6.45) is 1.07. The molecule has 6 heteroatoms. The molecule has 0 aliphatic heterocycles. The van der Waals surface area contributed by atoms with E-state index in [1.54, 1.807) is 12.1 Å². The van der Waals surface area contributed by atoms with Crippen LogP contribution in [0.2, 0.25) is 0 Å². The number of nitrogens with one attached hydrogen (secondary N) is 2. The number of thiazole rings is 1. The van der Waals surface area contributed by atoms with Gasteiger partial charge in [-0.2, -0.15) is 0 Å². The number of rotatable bonds is 6. The third kappa shape index (κ3) is 4.27. The molecule has 0 radical (unpaired) electrons. The Kier molecular flexibility index (Phi) is 5.30. The lowest BCUT2D eigenvalue weighted by atomic mass is 10.2. The van der Waals surface area contributed by atoms with Gasteiger partial charge in [-0.3, -0.25) is 10.1 Å². The first-order valence-electron chi connectivity index (χ1n) is 6.89. The van der Waals surface area contributed by atoms with Crippen molar-refractivity contribution in [2.75, 3.05) is 11.9 Å². The fourth-order valence-corrected chi connectivity index (χ4v) is 2.62. The molecule has 0 aliphatic rings. The highest BCUT2D eigenvalue weighted by molar-refractivity contribution is 7.14. The highest BCUT2D eigenvalue weighted by Crippen LogP contribution is 2.21. The maximum absolute atomic E-state index is 12.0. The van der Waals surface area contributed by atoms with Gasteiger partial charge in [0.15, 0.2) is 5.13 Å². The average Bonchev–Trinajstić information content (AvgIpc) is 2.93. The summed E-state index contributed by atoms with van der Waals surface area (Å²) in [5.41, 5.74) is 1.32. The topological polar surface area (TPSA) is 74.2 Å². The Morgan fingerprint density at radius 1 is 1.48 bits per heavy atom. The second kappa shape index (κ2) is 7.19. The second-order valence-electron chi connectivity index (χ2n) is 4.76. The maximum atomic E-state index is 12.0. The smallest absolute Gasteiger partial charge is 0.257 e. The minimum absolute atomic E-state index is 0.0693. The van der Waals surface area contributed by atoms with Crippen LogP contribution < -0.4 is 10.6 Å². The molecule has 1 unspecified atom stereocenters. The molecular weight excluding hydrogens is 286 g/mol. The van der Waals surface area contributed by atoms with Gasteiger partial charge in [0, 0.05) is 17.0 Å². The lowest BCUT2D eigenvalue weighted by Gasteiger charge is -2.09. The average molecular weight is 305 g/mol. The van der Waals surface area contributed by atoms with Crippen molar-refractivity contribution >= 4 is 22.4 Å². The Hall–Kier alpha value is -1.92. The predicted octanol–water partition coefficient (Wildman–Crippen LogP) is 3.16. The largest absolute Gasteiger partial charge is 0.508 e. The van der Waals surface area contributed by atoms with Gasteiger partial charge in [0.25, 0.3) is 5.91 Å². The number of amides is 1. The van der Waals surface area contributed by atoms with Crippen molar-refractivity contribution in [2.24, 2.45) is 0 Å². The van der Waals surface area contributed by atoms with E-state index in [9.17, 15) is 9.90 Å². The molecule has 0 aliphatic carbocycles. The van der Waals surface area contributed by atoms with Crippen molar-refractivity contribution in [3.8, 4) is 5.75 Å². The normalized spacial score (nSPS) is 12.1. The van der Waals surface area contributed by atoms with Crippen LogP contribution in [0.3, 0.4) is 0 Å². The van der Waals surface area contributed by atoms with E-state index >= 15 is 0 Å². The molecule has 0 fully saturated rings. The summed E-state index contributed by atoms with van der Waals surface area (Å²) < 4.78 is 0. The number of nitrogens with zero attached hydrogens (tertiary/aromatic N) is 1. The number of carbonyl (C=O) groups excluding carboxylic acids is 1. The number of anilines is 1. The number of hydrogen-bond donors (Lipinski definition) is 3. The third-order valence-corrected chi connectivity index (χ3v) is 3.77. The zero-order valence-corrected chi connectivity index (χ0v) is 12.9. The fraction of sp³-hybridized carbons (Fsp3) is 0.333. The van der Waals surface area contributed by atoms with E-state index < -0.39 is 0 Å². The highest BCUT2D eigenvalue weighted by Gasteiger charge is 2.12. The summed E-state index contributed by atoms with van der Waals surface area (Å²) in [6.45, 7) is 5.09. The molecule has 1 aromatic carbocycles. The van der Waals surface area contributed by atoms with Crippen molar-refractivity contribution in [3.05, 3.63) is 40.9 Å². The standard InChI is InChI=1S/C15H19N3O2S/c1-3-7-16-10(2)13-9-21-15(17-13)18-14(20)11-5-4-6-12(19)8-11/h4-6,8-10,16,19H,3,7H2,1-2H3,(H,17,18,20). The van der Waals surface area contributed by atoms with Crippen molar-refractivity contribution < 1.29 is 9.90 Å². The molecular formula is C15H19N3O2S. The molecule has 2 aromatic rings. The van der Waals surface area contributed by atoms with Crippen LogP contribution in [0.4, 0.5) is 5.13 Å². The second-order valence-corrected chi connectivity index (χ2v) is 5.62. The molecule has 0 saturated carbocycles. The van der Waals surface area contributed by atoms with E-state index in [4.69, 9.17) is 0 Å². The monoisotopic (exact) mass is 305 g/mol. The zero-order chi connectivity index (χ0) is 15.2. The molecule has 3 N–H and O–H groups in total. The van der Waals surface area contributed by atoms with E-state index in [2.05, 4.69) is 22.5 Å². The van der Waals surface area contributed by atoms with Gasteiger partial charge >= 0.3 is 0 Å². The Bertz CT molecular complexity index is 612. The molecule has 21 heavy (non-hydrogen) atoms. The first-order valence-corrected chi connectivity index (χ1v) is 7.77. The van der Waals surface area contributed by atoms with E-state index in [-0.39, 0.29) is 17.7 Å². The van der Waals surface area contributed by atoms with Gasteiger partial charge in [0.2, 0.25) is 0 Å². The van der Waals surface area contributed by atoms with E-state index in [1.807, 2.05) is 12.3 Å². The number of aromatic hydroxyl groups is 1. The molecule has 112 valence electrons. The molecule has 1 aromatic heterocycles. The number of aromatic nitrogens is 1. The van der Waals surface area contributed by atoms with Crippen molar-refractivity contribution in [1.29, 1.82) is 0 Å². The van der Waals surface area contributed by atoms with Crippen molar-refractivity contribution in [1.82, 2.24) is 10.3 Å². The molecule has 0 spiro atoms. The van der Waals surface area contributed by atoms with Gasteiger partial charge < -0.3 is 10.4 Å². The summed E-state index contributed by atoms with van der Waals surface area (Å²) >= 11 is 1.39. The van der Waals surface area contributed by atoms with Gasteiger partial charge in [-0.05, 0) is 38.1 Å². The molecule has 2 rings (SSSR count). The van der Waals surface area contributed by atoms with Gasteiger partial charge in [-0.25, -0.2) is 4.98 Å². The minimum Gasteiger partial charge on any atom is -0.508 e. The first kappa shape index (κ1) is 15.5. The van der Waals surface area contributed by atoms with Crippen LogP contribution in [-0.2, 0) is 0 Å². The van der Waals surface area contributed by atoms with Crippen LogP contribution in [0.15, 0.2) is 29.6 Å². The van der Waals surface area contributed by atoms with Gasteiger partial charge in [0.05, 0.1) is 5.69 Å². The number of hydrogen-bond acceptors (Lipinski definition) is 5. The van der Waals surface area contributed by atoms with Crippen molar-refractivity contribution in [3.63, 3.8) is 0 Å². The van der Waals surface area contributed by atoms with Crippen LogP contribution in [0.25, 0.3) is 0 Å². The Morgan fingerprint density at radius 2 is 2.29 bits per heavy atom. The number of benzene rings is 1. The summed E-state index contributed by atoms with van der Waals surface area (Å²) in [4.78, 5) is 16.5. The lowest BCUT2D eigenvalue weighted by Crippen LogP contribution is -2.19. The number of phenols is 1. The number of phenolic OH excluding ortho intramolecular Hbond substituents is 1. The van der Waals surface area contributed by atoms with Gasteiger partial charge in [-0.15, -0.1) is 11.3 Å². The fourth-order valence-electron chi connectivity index (χ4n) is 1.82. The SMILES string of the molecule is CCCNC(C)c1csc(NC(=O)c2cccc(O)c2)n1.